The van der Waals surface area contributed by atoms with Crippen LogP contribution in [-0.2, 0) is 4.84 Å². The number of nitrogens with zero attached hydrogens (tertiary/aromatic N) is 2. The third kappa shape index (κ3) is 2.78. The van der Waals surface area contributed by atoms with E-state index >= 15 is 0 Å². The van der Waals surface area contributed by atoms with E-state index in [9.17, 15) is 4.79 Å². The van der Waals surface area contributed by atoms with Gasteiger partial charge in [-0.05, 0) is 48.5 Å². The lowest BCUT2D eigenvalue weighted by atomic mass is 10.1. The maximum atomic E-state index is 12.8. The van der Waals surface area contributed by atoms with E-state index in [0.717, 1.165) is 11.3 Å². The number of benzene rings is 3. The van der Waals surface area contributed by atoms with Crippen molar-refractivity contribution in [3.05, 3.63) is 83.4 Å². The van der Waals surface area contributed by atoms with Gasteiger partial charge in [0.2, 0.25) is 6.79 Å². The van der Waals surface area contributed by atoms with Crippen molar-refractivity contribution in [1.29, 1.82) is 0 Å². The molecule has 0 bridgehead atoms. The number of para-hydroxylation sites is 1. The van der Waals surface area contributed by atoms with Gasteiger partial charge in [-0.1, -0.05) is 35.9 Å². The van der Waals surface area contributed by atoms with Crippen molar-refractivity contribution in [3.8, 4) is 11.5 Å². The molecule has 1 saturated heterocycles. The van der Waals surface area contributed by atoms with Gasteiger partial charge in [0, 0.05) is 16.3 Å². The van der Waals surface area contributed by atoms with Crippen LogP contribution in [0.15, 0.2) is 72.8 Å². The molecule has 0 saturated carbocycles. The summed E-state index contributed by atoms with van der Waals surface area (Å²) in [6.07, 6.45) is -1.00. The first-order chi connectivity index (χ1) is 13.7. The summed E-state index contributed by atoms with van der Waals surface area (Å²) in [6.45, 7) is 0.183. The first kappa shape index (κ1) is 16.8. The number of hydrogen-bond donors (Lipinski definition) is 0. The van der Waals surface area contributed by atoms with Crippen molar-refractivity contribution < 1.29 is 19.1 Å². The topological polar surface area (TPSA) is 51.2 Å². The van der Waals surface area contributed by atoms with Gasteiger partial charge in [-0.3, -0.25) is 0 Å². The highest BCUT2D eigenvalue weighted by molar-refractivity contribution is 6.30. The van der Waals surface area contributed by atoms with Gasteiger partial charge in [0.05, 0.1) is 5.69 Å². The van der Waals surface area contributed by atoms with E-state index in [0.29, 0.717) is 22.2 Å². The molecule has 2 aliphatic heterocycles. The zero-order chi connectivity index (χ0) is 19.1. The van der Waals surface area contributed by atoms with Crippen LogP contribution in [0.4, 0.5) is 16.2 Å². The largest absolute Gasteiger partial charge is 0.454 e. The van der Waals surface area contributed by atoms with Gasteiger partial charge in [0.15, 0.2) is 17.7 Å². The van der Waals surface area contributed by atoms with Gasteiger partial charge < -0.3 is 14.3 Å². The third-order valence-electron chi connectivity index (χ3n) is 4.65. The standard InChI is InChI=1S/C21H15ClN2O4/c22-15-7-9-16(10-8-15)23-20(14-6-11-18-19(12-14)27-13-26-18)24(28-21(23)25)17-4-2-1-3-5-17/h1-12,20H,13H2/t20-/m0/s1. The normalized spacial score (nSPS) is 17.8. The number of ether oxygens (including phenoxy) is 2. The number of fused-ring (bicyclic) bond motifs is 1. The summed E-state index contributed by atoms with van der Waals surface area (Å²) < 4.78 is 10.9. The molecule has 3 aromatic rings. The lowest BCUT2D eigenvalue weighted by molar-refractivity contribution is 0.164. The summed E-state index contributed by atoms with van der Waals surface area (Å²) in [4.78, 5) is 20.1. The minimum absolute atomic E-state index is 0.183. The number of anilines is 2. The number of hydroxylamine groups is 1. The highest BCUT2D eigenvalue weighted by Crippen LogP contribution is 2.42. The fourth-order valence-corrected chi connectivity index (χ4v) is 3.48. The van der Waals surface area contributed by atoms with Crippen LogP contribution in [0.3, 0.4) is 0 Å². The van der Waals surface area contributed by atoms with E-state index in [2.05, 4.69) is 0 Å². The molecule has 0 unspecified atom stereocenters. The third-order valence-corrected chi connectivity index (χ3v) is 4.90. The van der Waals surface area contributed by atoms with Crippen LogP contribution in [0.2, 0.25) is 5.02 Å². The van der Waals surface area contributed by atoms with Crippen molar-refractivity contribution in [1.82, 2.24) is 0 Å². The van der Waals surface area contributed by atoms with Gasteiger partial charge in [-0.2, -0.15) is 5.06 Å². The van der Waals surface area contributed by atoms with Crippen LogP contribution in [0.5, 0.6) is 11.5 Å². The van der Waals surface area contributed by atoms with Crippen LogP contribution in [0.1, 0.15) is 11.7 Å². The molecule has 0 aromatic heterocycles. The van der Waals surface area contributed by atoms with Gasteiger partial charge in [0.1, 0.15) is 0 Å². The molecule has 140 valence electrons. The fraction of sp³-hybridized carbons (Fsp3) is 0.0952. The van der Waals surface area contributed by atoms with E-state index < -0.39 is 12.3 Å². The smallest absolute Gasteiger partial charge is 0.440 e. The number of hydrogen-bond acceptors (Lipinski definition) is 5. The average Bonchev–Trinajstić information content (AvgIpc) is 3.33. The predicted molar refractivity (Wildman–Crippen MR) is 105 cm³/mol. The molecule has 1 amide bonds. The molecule has 28 heavy (non-hydrogen) atoms. The molecule has 6 nitrogen and oxygen atoms in total. The molecule has 2 heterocycles. The maximum absolute atomic E-state index is 12.8. The van der Waals surface area contributed by atoms with E-state index in [-0.39, 0.29) is 6.79 Å². The van der Waals surface area contributed by atoms with Gasteiger partial charge in [0.25, 0.3) is 0 Å². The monoisotopic (exact) mass is 394 g/mol. The Morgan fingerprint density at radius 3 is 2.39 bits per heavy atom. The van der Waals surface area contributed by atoms with Crippen molar-refractivity contribution in [2.24, 2.45) is 0 Å². The first-order valence-corrected chi connectivity index (χ1v) is 9.09. The molecule has 3 aromatic carbocycles. The van der Waals surface area contributed by atoms with Crippen LogP contribution in [0.25, 0.3) is 0 Å². The summed E-state index contributed by atoms with van der Waals surface area (Å²) in [7, 11) is 0. The van der Waals surface area contributed by atoms with E-state index in [4.69, 9.17) is 25.9 Å². The number of carbonyl (C=O) groups is 1. The van der Waals surface area contributed by atoms with Crippen LogP contribution in [-0.4, -0.2) is 12.9 Å². The Morgan fingerprint density at radius 2 is 1.61 bits per heavy atom. The maximum Gasteiger partial charge on any atom is 0.440 e. The molecular formula is C21H15ClN2O4. The van der Waals surface area contributed by atoms with Crippen molar-refractivity contribution in [2.45, 2.75) is 6.17 Å². The SMILES string of the molecule is O=C1ON(c2ccccc2)[C@@H](c2ccc3c(c2)OCO3)N1c1ccc(Cl)cc1. The highest BCUT2D eigenvalue weighted by Gasteiger charge is 2.43. The highest BCUT2D eigenvalue weighted by atomic mass is 35.5. The lowest BCUT2D eigenvalue weighted by Gasteiger charge is -2.27. The molecule has 0 radical (unpaired) electrons. The van der Waals surface area contributed by atoms with Gasteiger partial charge in [-0.25, -0.2) is 9.69 Å². The summed E-state index contributed by atoms with van der Waals surface area (Å²) in [5.74, 6) is 1.32. The Balaban J connectivity index is 1.63. The summed E-state index contributed by atoms with van der Waals surface area (Å²) in [5.41, 5.74) is 2.26. The van der Waals surface area contributed by atoms with Gasteiger partial charge >= 0.3 is 6.09 Å². The average molecular weight is 395 g/mol. The fourth-order valence-electron chi connectivity index (χ4n) is 3.36. The van der Waals surface area contributed by atoms with Gasteiger partial charge in [-0.15, -0.1) is 0 Å². The lowest BCUT2D eigenvalue weighted by Crippen LogP contribution is -2.31. The summed E-state index contributed by atoms with van der Waals surface area (Å²) in [6, 6.07) is 22.1. The molecule has 1 fully saturated rings. The van der Waals surface area contributed by atoms with E-state index in [1.807, 2.05) is 48.5 Å². The zero-order valence-corrected chi connectivity index (χ0v) is 15.4. The van der Waals surface area contributed by atoms with Crippen molar-refractivity contribution in [3.63, 3.8) is 0 Å². The Morgan fingerprint density at radius 1 is 0.857 bits per heavy atom. The Labute approximate surface area is 166 Å². The number of halogens is 1. The van der Waals surface area contributed by atoms with E-state index in [1.54, 1.807) is 34.2 Å². The number of rotatable bonds is 3. The number of amides is 1. The minimum atomic E-state index is -0.523. The second-order valence-electron chi connectivity index (χ2n) is 6.35. The Bertz CT molecular complexity index is 1030. The van der Waals surface area contributed by atoms with Crippen molar-refractivity contribution in [2.75, 3.05) is 16.8 Å². The molecule has 5 rings (SSSR count). The second-order valence-corrected chi connectivity index (χ2v) is 6.79. The minimum Gasteiger partial charge on any atom is -0.454 e. The zero-order valence-electron chi connectivity index (χ0n) is 14.6. The molecular weight excluding hydrogens is 380 g/mol. The Kier molecular flexibility index (Phi) is 3.98. The van der Waals surface area contributed by atoms with Crippen LogP contribution >= 0.6 is 11.6 Å². The first-order valence-electron chi connectivity index (χ1n) is 8.71. The number of carbonyl (C=O) groups excluding carboxylic acids is 1. The summed E-state index contributed by atoms with van der Waals surface area (Å²) >= 11 is 6.02. The second kappa shape index (κ2) is 6.65. The molecule has 2 aliphatic rings. The molecule has 0 spiro atoms. The van der Waals surface area contributed by atoms with Crippen LogP contribution < -0.4 is 19.4 Å². The molecule has 0 aliphatic carbocycles. The van der Waals surface area contributed by atoms with Crippen molar-refractivity contribution >= 4 is 29.1 Å². The van der Waals surface area contributed by atoms with E-state index in [1.165, 1.54) is 0 Å². The Hall–Kier alpha value is -3.38. The molecule has 0 N–H and O–H groups in total. The predicted octanol–water partition coefficient (Wildman–Crippen LogP) is 5.15. The molecule has 7 heteroatoms. The summed E-state index contributed by atoms with van der Waals surface area (Å²) in [5, 5.41) is 2.19. The quantitative estimate of drug-likeness (QED) is 0.615. The molecule has 1 atom stereocenters. The van der Waals surface area contributed by atoms with Crippen LogP contribution in [0, 0.1) is 0 Å².